The SMILES string of the molecule is CCC(C)NCC(O)COc1ccc(C(=O)NCCc2ccc(S(N)(=O)=O)cc2)cc1.Cl. The van der Waals surface area contributed by atoms with Crippen LogP contribution in [0.1, 0.15) is 36.2 Å². The molecule has 0 aromatic heterocycles. The highest BCUT2D eigenvalue weighted by molar-refractivity contribution is 7.89. The lowest BCUT2D eigenvalue weighted by atomic mass is 10.1. The predicted molar refractivity (Wildman–Crippen MR) is 127 cm³/mol. The molecule has 2 aromatic carbocycles. The number of sulfonamides is 1. The molecule has 0 heterocycles. The van der Waals surface area contributed by atoms with E-state index in [0.29, 0.717) is 36.9 Å². The van der Waals surface area contributed by atoms with E-state index in [2.05, 4.69) is 24.5 Å². The van der Waals surface area contributed by atoms with Crippen LogP contribution in [0.15, 0.2) is 53.4 Å². The average molecular weight is 486 g/mol. The Hall–Kier alpha value is -2.17. The Morgan fingerprint density at radius 2 is 1.75 bits per heavy atom. The van der Waals surface area contributed by atoms with Crippen LogP contribution in [0.25, 0.3) is 0 Å². The van der Waals surface area contributed by atoms with Crippen LogP contribution in [0.5, 0.6) is 5.75 Å². The summed E-state index contributed by atoms with van der Waals surface area (Å²) in [6, 6.07) is 13.3. The molecule has 1 amide bonds. The molecule has 2 aromatic rings. The number of primary sulfonamides is 1. The topological polar surface area (TPSA) is 131 Å². The zero-order chi connectivity index (χ0) is 22.9. The first-order chi connectivity index (χ1) is 14.7. The lowest BCUT2D eigenvalue weighted by Crippen LogP contribution is -2.36. The Labute approximate surface area is 196 Å². The standard InChI is InChI=1S/C22H31N3O5S.ClH/c1-3-16(2)25-14-19(26)15-30-20-8-6-18(7-9-20)22(27)24-13-12-17-4-10-21(11-5-17)31(23,28)29;/h4-11,16,19,25-26H,3,12-15H2,1-2H3,(H,24,27)(H2,23,28,29);1H. The van der Waals surface area contributed by atoms with Gasteiger partial charge < -0.3 is 20.5 Å². The highest BCUT2D eigenvalue weighted by atomic mass is 35.5. The summed E-state index contributed by atoms with van der Waals surface area (Å²) < 4.78 is 28.1. The monoisotopic (exact) mass is 485 g/mol. The lowest BCUT2D eigenvalue weighted by molar-refractivity contribution is 0.0953. The van der Waals surface area contributed by atoms with Gasteiger partial charge in [-0.25, -0.2) is 13.6 Å². The number of halogens is 1. The normalized spacial score (nSPS) is 13.0. The summed E-state index contributed by atoms with van der Waals surface area (Å²) in [5.74, 6) is 0.361. The quantitative estimate of drug-likeness (QED) is 0.363. The molecule has 0 aliphatic rings. The van der Waals surface area contributed by atoms with Gasteiger partial charge in [-0.3, -0.25) is 4.79 Å². The van der Waals surface area contributed by atoms with Crippen LogP contribution in [0.2, 0.25) is 0 Å². The minimum atomic E-state index is -3.71. The zero-order valence-corrected chi connectivity index (χ0v) is 19.9. The number of aliphatic hydroxyl groups excluding tert-OH is 1. The fourth-order valence-electron chi connectivity index (χ4n) is 2.70. The number of nitrogens with two attached hydrogens (primary N) is 1. The number of hydrogen-bond acceptors (Lipinski definition) is 6. The summed E-state index contributed by atoms with van der Waals surface area (Å²) in [5.41, 5.74) is 1.38. The number of carbonyl (C=O) groups excluding carboxylic acids is 1. The molecule has 0 radical (unpaired) electrons. The summed E-state index contributed by atoms with van der Waals surface area (Å²) in [5, 5.41) is 21.1. The van der Waals surface area contributed by atoms with E-state index in [9.17, 15) is 18.3 Å². The van der Waals surface area contributed by atoms with Gasteiger partial charge in [0.25, 0.3) is 5.91 Å². The Bertz CT molecular complexity index is 937. The van der Waals surface area contributed by atoms with E-state index in [0.717, 1.165) is 12.0 Å². The predicted octanol–water partition coefficient (Wildman–Crippen LogP) is 1.86. The number of hydrogen-bond donors (Lipinski definition) is 4. The second-order valence-electron chi connectivity index (χ2n) is 7.40. The van der Waals surface area contributed by atoms with Gasteiger partial charge in [0, 0.05) is 24.7 Å². The molecule has 0 aliphatic carbocycles. The van der Waals surface area contributed by atoms with E-state index in [1.54, 1.807) is 36.4 Å². The Kier molecular flexibility index (Phi) is 11.7. The molecular formula is C22H32ClN3O5S. The van der Waals surface area contributed by atoms with Crippen molar-refractivity contribution in [3.8, 4) is 5.75 Å². The first-order valence-corrected chi connectivity index (χ1v) is 11.8. The largest absolute Gasteiger partial charge is 0.491 e. The van der Waals surface area contributed by atoms with Crippen LogP contribution in [0, 0.1) is 0 Å². The van der Waals surface area contributed by atoms with E-state index in [1.807, 2.05) is 0 Å². The molecule has 32 heavy (non-hydrogen) atoms. The van der Waals surface area contributed by atoms with Crippen LogP contribution in [-0.2, 0) is 16.4 Å². The molecule has 0 spiro atoms. The molecule has 0 bridgehead atoms. The molecule has 5 N–H and O–H groups in total. The number of nitrogens with one attached hydrogen (secondary N) is 2. The van der Waals surface area contributed by atoms with Gasteiger partial charge in [-0.2, -0.15) is 0 Å². The number of rotatable bonds is 12. The van der Waals surface area contributed by atoms with E-state index in [-0.39, 0.29) is 29.8 Å². The minimum Gasteiger partial charge on any atom is -0.491 e. The van der Waals surface area contributed by atoms with Gasteiger partial charge >= 0.3 is 0 Å². The minimum absolute atomic E-state index is 0. The van der Waals surface area contributed by atoms with Gasteiger partial charge in [0.2, 0.25) is 10.0 Å². The fraction of sp³-hybridized carbons (Fsp3) is 0.409. The molecule has 178 valence electrons. The maximum atomic E-state index is 12.3. The van der Waals surface area contributed by atoms with Gasteiger partial charge in [0.05, 0.1) is 4.90 Å². The maximum absolute atomic E-state index is 12.3. The summed E-state index contributed by atoms with van der Waals surface area (Å²) >= 11 is 0. The van der Waals surface area contributed by atoms with Gasteiger partial charge in [-0.15, -0.1) is 12.4 Å². The second kappa shape index (κ2) is 13.4. The Morgan fingerprint density at radius 3 is 2.31 bits per heavy atom. The second-order valence-corrected chi connectivity index (χ2v) is 8.96. The van der Waals surface area contributed by atoms with Crippen molar-refractivity contribution < 1.29 is 23.1 Å². The third-order valence-corrected chi connectivity index (χ3v) is 5.75. The van der Waals surface area contributed by atoms with Crippen LogP contribution in [0.3, 0.4) is 0 Å². The van der Waals surface area contributed by atoms with Crippen LogP contribution in [0.4, 0.5) is 0 Å². The van der Waals surface area contributed by atoms with Crippen molar-refractivity contribution in [2.45, 2.75) is 43.7 Å². The van der Waals surface area contributed by atoms with Crippen molar-refractivity contribution in [3.63, 3.8) is 0 Å². The zero-order valence-electron chi connectivity index (χ0n) is 18.3. The highest BCUT2D eigenvalue weighted by Crippen LogP contribution is 2.13. The molecule has 2 atom stereocenters. The van der Waals surface area contributed by atoms with Crippen molar-refractivity contribution >= 4 is 28.3 Å². The van der Waals surface area contributed by atoms with Crippen LogP contribution < -0.4 is 20.5 Å². The van der Waals surface area contributed by atoms with Gasteiger partial charge in [0.15, 0.2) is 0 Å². The van der Waals surface area contributed by atoms with Crippen molar-refractivity contribution in [2.75, 3.05) is 19.7 Å². The van der Waals surface area contributed by atoms with Crippen molar-refractivity contribution in [3.05, 3.63) is 59.7 Å². The molecule has 0 saturated carbocycles. The average Bonchev–Trinajstić information content (AvgIpc) is 2.76. The molecule has 0 aliphatic heterocycles. The van der Waals surface area contributed by atoms with E-state index >= 15 is 0 Å². The van der Waals surface area contributed by atoms with E-state index < -0.39 is 16.1 Å². The summed E-state index contributed by atoms with van der Waals surface area (Å²) in [4.78, 5) is 12.3. The maximum Gasteiger partial charge on any atom is 0.251 e. The molecular weight excluding hydrogens is 454 g/mol. The lowest BCUT2D eigenvalue weighted by Gasteiger charge is -2.16. The van der Waals surface area contributed by atoms with Crippen LogP contribution >= 0.6 is 12.4 Å². The summed E-state index contributed by atoms with van der Waals surface area (Å²) in [7, 11) is -3.71. The summed E-state index contributed by atoms with van der Waals surface area (Å²) in [6.07, 6.45) is 0.929. The fourth-order valence-corrected chi connectivity index (χ4v) is 3.22. The third-order valence-electron chi connectivity index (χ3n) is 4.82. The molecule has 2 unspecified atom stereocenters. The van der Waals surface area contributed by atoms with Crippen molar-refractivity contribution in [2.24, 2.45) is 5.14 Å². The molecule has 2 rings (SSSR count). The van der Waals surface area contributed by atoms with Gasteiger partial charge in [-0.05, 0) is 61.7 Å². The number of benzene rings is 2. The number of carbonyl (C=O) groups is 1. The number of ether oxygens (including phenoxy) is 1. The van der Waals surface area contributed by atoms with Crippen molar-refractivity contribution in [1.29, 1.82) is 0 Å². The van der Waals surface area contributed by atoms with Gasteiger partial charge in [-0.1, -0.05) is 19.1 Å². The molecule has 0 fully saturated rings. The summed E-state index contributed by atoms with van der Waals surface area (Å²) in [6.45, 7) is 5.16. The Morgan fingerprint density at radius 1 is 1.12 bits per heavy atom. The highest BCUT2D eigenvalue weighted by Gasteiger charge is 2.10. The van der Waals surface area contributed by atoms with Crippen LogP contribution in [-0.4, -0.2) is 51.3 Å². The van der Waals surface area contributed by atoms with Crippen molar-refractivity contribution in [1.82, 2.24) is 10.6 Å². The number of amides is 1. The smallest absolute Gasteiger partial charge is 0.251 e. The first kappa shape index (κ1) is 27.9. The molecule has 8 nitrogen and oxygen atoms in total. The number of aliphatic hydroxyl groups is 1. The third kappa shape index (κ3) is 9.54. The first-order valence-electron chi connectivity index (χ1n) is 10.2. The molecule has 10 heteroatoms. The Balaban J connectivity index is 0.00000512. The van der Waals surface area contributed by atoms with Gasteiger partial charge in [0.1, 0.15) is 18.5 Å². The molecule has 0 saturated heterocycles. The van der Waals surface area contributed by atoms with E-state index in [4.69, 9.17) is 9.88 Å². The van der Waals surface area contributed by atoms with E-state index in [1.165, 1.54) is 12.1 Å².